The fourth-order valence-electron chi connectivity index (χ4n) is 2.32. The Balaban J connectivity index is 2.12. The zero-order valence-electron chi connectivity index (χ0n) is 14.1. The average Bonchev–Trinajstić information content (AvgIpc) is 2.55. The number of nitrogens with one attached hydrogen (secondary N) is 1. The first-order valence-corrected chi connectivity index (χ1v) is 7.84. The lowest BCUT2D eigenvalue weighted by Crippen LogP contribution is -2.43. The second kappa shape index (κ2) is 7.64. The van der Waals surface area contributed by atoms with Crippen LogP contribution >= 0.6 is 0 Å². The Bertz CT molecular complexity index is 727. The predicted octanol–water partition coefficient (Wildman–Crippen LogP) is 3.08. The molecule has 0 radical (unpaired) electrons. The van der Waals surface area contributed by atoms with Crippen LogP contribution in [0.15, 0.2) is 48.5 Å². The number of rotatable bonds is 4. The third kappa shape index (κ3) is 4.35. The highest BCUT2D eigenvalue weighted by Crippen LogP contribution is 2.24. The maximum Gasteiger partial charge on any atom is 0.314 e. The Labute approximate surface area is 141 Å². The van der Waals surface area contributed by atoms with Gasteiger partial charge in [0.15, 0.2) is 0 Å². The molecule has 0 bridgehead atoms. The van der Waals surface area contributed by atoms with Crippen molar-refractivity contribution in [3.8, 4) is 5.75 Å². The van der Waals surface area contributed by atoms with E-state index < -0.39 is 11.8 Å². The first-order valence-electron chi connectivity index (χ1n) is 7.84. The SMILES string of the molecule is Cc1ccc(NC(=O)C(=O)N(Cc2ccccc2)C(C)C)c(O)c1. The zero-order valence-corrected chi connectivity index (χ0v) is 14.1. The van der Waals surface area contributed by atoms with Gasteiger partial charge in [0, 0.05) is 12.6 Å². The van der Waals surface area contributed by atoms with Crippen molar-refractivity contribution in [2.75, 3.05) is 5.32 Å². The maximum atomic E-state index is 12.5. The van der Waals surface area contributed by atoms with Crippen molar-refractivity contribution in [2.45, 2.75) is 33.4 Å². The number of anilines is 1. The number of phenolic OH excluding ortho intramolecular Hbond substituents is 1. The molecule has 2 aromatic carbocycles. The summed E-state index contributed by atoms with van der Waals surface area (Å²) in [7, 11) is 0. The van der Waals surface area contributed by atoms with Gasteiger partial charge in [0.05, 0.1) is 5.69 Å². The minimum Gasteiger partial charge on any atom is -0.506 e. The molecule has 2 aromatic rings. The lowest BCUT2D eigenvalue weighted by molar-refractivity contribution is -0.144. The third-order valence-corrected chi connectivity index (χ3v) is 3.68. The van der Waals surface area contributed by atoms with E-state index in [4.69, 9.17) is 0 Å². The van der Waals surface area contributed by atoms with E-state index in [1.54, 1.807) is 12.1 Å². The molecule has 0 fully saturated rings. The molecule has 5 heteroatoms. The standard InChI is InChI=1S/C19H22N2O3/c1-13(2)21(12-15-7-5-4-6-8-15)19(24)18(23)20-16-10-9-14(3)11-17(16)22/h4-11,13,22H,12H2,1-3H3,(H,20,23). The number of aryl methyl sites for hydroxylation is 1. The monoisotopic (exact) mass is 326 g/mol. The van der Waals surface area contributed by atoms with Gasteiger partial charge in [0.25, 0.3) is 0 Å². The Morgan fingerprint density at radius 2 is 1.79 bits per heavy atom. The van der Waals surface area contributed by atoms with Crippen LogP contribution in [0, 0.1) is 6.92 Å². The van der Waals surface area contributed by atoms with Gasteiger partial charge >= 0.3 is 11.8 Å². The van der Waals surface area contributed by atoms with E-state index in [0.717, 1.165) is 11.1 Å². The highest BCUT2D eigenvalue weighted by molar-refractivity contribution is 6.39. The summed E-state index contributed by atoms with van der Waals surface area (Å²) in [5.41, 5.74) is 2.04. The molecule has 2 amide bonds. The van der Waals surface area contributed by atoms with Crippen molar-refractivity contribution in [1.29, 1.82) is 0 Å². The van der Waals surface area contributed by atoms with Crippen molar-refractivity contribution in [1.82, 2.24) is 4.90 Å². The first kappa shape index (κ1) is 17.5. The van der Waals surface area contributed by atoms with Crippen LogP contribution in [-0.2, 0) is 16.1 Å². The number of carbonyl (C=O) groups excluding carboxylic acids is 2. The van der Waals surface area contributed by atoms with Gasteiger partial charge in [0.1, 0.15) is 5.75 Å². The number of hydrogen-bond donors (Lipinski definition) is 2. The minimum absolute atomic E-state index is 0.0599. The molecule has 0 unspecified atom stereocenters. The van der Waals surface area contributed by atoms with E-state index in [2.05, 4.69) is 5.32 Å². The number of hydrogen-bond acceptors (Lipinski definition) is 3. The summed E-state index contributed by atoms with van der Waals surface area (Å²) in [6.45, 7) is 5.90. The molecule has 2 N–H and O–H groups in total. The van der Waals surface area contributed by atoms with E-state index in [-0.39, 0.29) is 17.5 Å². The lowest BCUT2D eigenvalue weighted by Gasteiger charge is -2.26. The molecular formula is C19H22N2O3. The fourth-order valence-corrected chi connectivity index (χ4v) is 2.32. The molecular weight excluding hydrogens is 304 g/mol. The number of carbonyl (C=O) groups is 2. The number of phenols is 1. The Hall–Kier alpha value is -2.82. The summed E-state index contributed by atoms with van der Waals surface area (Å²) in [4.78, 5) is 26.3. The van der Waals surface area contributed by atoms with Crippen LogP contribution in [0.3, 0.4) is 0 Å². The first-order chi connectivity index (χ1) is 11.4. The van der Waals surface area contributed by atoms with Gasteiger partial charge in [-0.15, -0.1) is 0 Å². The van der Waals surface area contributed by atoms with Crippen LogP contribution in [0.4, 0.5) is 5.69 Å². The van der Waals surface area contributed by atoms with Gasteiger partial charge < -0.3 is 15.3 Å². The summed E-state index contributed by atoms with van der Waals surface area (Å²) in [5, 5.41) is 12.3. The molecule has 0 saturated heterocycles. The Morgan fingerprint density at radius 3 is 2.38 bits per heavy atom. The van der Waals surface area contributed by atoms with Crippen molar-refractivity contribution < 1.29 is 14.7 Å². The second-order valence-corrected chi connectivity index (χ2v) is 5.99. The number of nitrogens with zero attached hydrogens (tertiary/aromatic N) is 1. The summed E-state index contributed by atoms with van der Waals surface area (Å²) in [5.74, 6) is -1.46. The molecule has 0 aromatic heterocycles. The summed E-state index contributed by atoms with van der Waals surface area (Å²) >= 11 is 0. The van der Waals surface area contributed by atoms with E-state index in [0.29, 0.717) is 6.54 Å². The number of amides is 2. The molecule has 126 valence electrons. The summed E-state index contributed by atoms with van der Waals surface area (Å²) in [6.07, 6.45) is 0. The van der Waals surface area contributed by atoms with E-state index in [1.165, 1.54) is 11.0 Å². The van der Waals surface area contributed by atoms with Crippen molar-refractivity contribution in [2.24, 2.45) is 0 Å². The minimum atomic E-state index is -0.765. The van der Waals surface area contributed by atoms with Gasteiger partial charge in [-0.3, -0.25) is 9.59 Å². The number of benzene rings is 2. The van der Waals surface area contributed by atoms with Gasteiger partial charge in [-0.05, 0) is 44.0 Å². The Morgan fingerprint density at radius 1 is 1.12 bits per heavy atom. The normalized spacial score (nSPS) is 10.5. The van der Waals surface area contributed by atoms with Gasteiger partial charge in [-0.25, -0.2) is 0 Å². The molecule has 0 atom stereocenters. The van der Waals surface area contributed by atoms with Crippen molar-refractivity contribution in [3.05, 3.63) is 59.7 Å². The molecule has 24 heavy (non-hydrogen) atoms. The predicted molar refractivity (Wildman–Crippen MR) is 93.6 cm³/mol. The molecule has 0 aliphatic rings. The quantitative estimate of drug-likeness (QED) is 0.670. The van der Waals surface area contributed by atoms with Gasteiger partial charge in [-0.2, -0.15) is 0 Å². The van der Waals surface area contributed by atoms with Gasteiger partial charge in [0.2, 0.25) is 0 Å². The smallest absolute Gasteiger partial charge is 0.314 e. The largest absolute Gasteiger partial charge is 0.506 e. The molecule has 0 aliphatic heterocycles. The van der Waals surface area contributed by atoms with E-state index >= 15 is 0 Å². The zero-order chi connectivity index (χ0) is 17.7. The van der Waals surface area contributed by atoms with Crippen molar-refractivity contribution >= 4 is 17.5 Å². The summed E-state index contributed by atoms with van der Waals surface area (Å²) in [6, 6.07) is 14.2. The lowest BCUT2D eigenvalue weighted by atomic mass is 10.2. The van der Waals surface area contributed by atoms with E-state index in [1.807, 2.05) is 51.1 Å². The fraction of sp³-hybridized carbons (Fsp3) is 0.263. The van der Waals surface area contributed by atoms with E-state index in [9.17, 15) is 14.7 Å². The maximum absolute atomic E-state index is 12.5. The average molecular weight is 326 g/mol. The summed E-state index contributed by atoms with van der Waals surface area (Å²) < 4.78 is 0. The van der Waals surface area contributed by atoms with Gasteiger partial charge in [-0.1, -0.05) is 36.4 Å². The van der Waals surface area contributed by atoms with Crippen LogP contribution in [0.25, 0.3) is 0 Å². The molecule has 0 saturated carbocycles. The van der Waals surface area contributed by atoms with Crippen molar-refractivity contribution in [3.63, 3.8) is 0 Å². The molecule has 0 aliphatic carbocycles. The highest BCUT2D eigenvalue weighted by atomic mass is 16.3. The highest BCUT2D eigenvalue weighted by Gasteiger charge is 2.25. The second-order valence-electron chi connectivity index (χ2n) is 5.99. The molecule has 2 rings (SSSR count). The van der Waals surface area contributed by atoms with Crippen LogP contribution in [0.2, 0.25) is 0 Å². The van der Waals surface area contributed by atoms with Crippen LogP contribution in [0.1, 0.15) is 25.0 Å². The Kier molecular flexibility index (Phi) is 5.58. The number of aromatic hydroxyl groups is 1. The van der Waals surface area contributed by atoms with Crippen LogP contribution in [-0.4, -0.2) is 27.9 Å². The molecule has 0 heterocycles. The third-order valence-electron chi connectivity index (χ3n) is 3.68. The molecule has 0 spiro atoms. The van der Waals surface area contributed by atoms with Crippen LogP contribution < -0.4 is 5.32 Å². The van der Waals surface area contributed by atoms with Crippen LogP contribution in [0.5, 0.6) is 5.75 Å². The topological polar surface area (TPSA) is 69.6 Å². The molecule has 5 nitrogen and oxygen atoms in total.